The van der Waals surface area contributed by atoms with Gasteiger partial charge in [-0.25, -0.2) is 0 Å². The molecular weight excluding hydrogens is 243 g/mol. The van der Waals surface area contributed by atoms with Crippen LogP contribution in [0.3, 0.4) is 0 Å². The molecular formula is C11H10F5O. The number of alkyl halides is 5. The van der Waals surface area contributed by atoms with Crippen molar-refractivity contribution in [2.45, 2.75) is 25.6 Å². The number of benzene rings is 1. The maximum atomic E-state index is 12.5. The maximum absolute atomic E-state index is 12.5. The molecule has 95 valence electrons. The normalized spacial score (nSPS) is 12.6. The molecule has 0 bridgehead atoms. The highest BCUT2D eigenvalue weighted by atomic mass is 19.4. The van der Waals surface area contributed by atoms with Gasteiger partial charge in [-0.2, -0.15) is 22.0 Å². The minimum absolute atomic E-state index is 0.527. The monoisotopic (exact) mass is 253 g/mol. The first-order valence-corrected chi connectivity index (χ1v) is 4.83. The zero-order valence-corrected chi connectivity index (χ0v) is 8.89. The first kappa shape index (κ1) is 13.7. The molecule has 0 aliphatic rings. The fraction of sp³-hybridized carbons (Fsp3) is 0.364. The van der Waals surface area contributed by atoms with E-state index in [2.05, 4.69) is 4.74 Å². The molecule has 1 aromatic rings. The number of rotatable bonds is 4. The molecule has 0 heterocycles. The van der Waals surface area contributed by atoms with Crippen molar-refractivity contribution >= 4 is 0 Å². The summed E-state index contributed by atoms with van der Waals surface area (Å²) in [5, 5.41) is 0. The van der Waals surface area contributed by atoms with E-state index in [1.54, 1.807) is 6.42 Å². The first-order valence-electron chi connectivity index (χ1n) is 4.83. The summed E-state index contributed by atoms with van der Waals surface area (Å²) < 4.78 is 64.2. The van der Waals surface area contributed by atoms with Crippen LogP contribution in [-0.2, 0) is 0 Å². The van der Waals surface area contributed by atoms with Gasteiger partial charge in [0.05, 0.1) is 0 Å². The smallest absolute Gasteiger partial charge is 0.426 e. The number of hydrogen-bond acceptors (Lipinski definition) is 1. The molecule has 1 aromatic carbocycles. The second-order valence-corrected chi connectivity index (χ2v) is 3.30. The summed E-state index contributed by atoms with van der Waals surface area (Å²) in [5.41, 5.74) is 0.732. The van der Waals surface area contributed by atoms with Crippen LogP contribution in [0.5, 0.6) is 5.75 Å². The summed E-state index contributed by atoms with van der Waals surface area (Å²) in [4.78, 5) is 0. The molecule has 0 saturated carbocycles. The Morgan fingerprint density at radius 2 is 1.59 bits per heavy atom. The molecule has 0 fully saturated rings. The molecule has 0 aromatic heterocycles. The maximum Gasteiger partial charge on any atom is 0.499 e. The summed E-state index contributed by atoms with van der Waals surface area (Å²) in [6.45, 7) is 1.88. The Morgan fingerprint density at radius 1 is 1.06 bits per heavy atom. The van der Waals surface area contributed by atoms with E-state index < -0.39 is 18.0 Å². The van der Waals surface area contributed by atoms with Gasteiger partial charge in [0.25, 0.3) is 0 Å². The Bertz CT molecular complexity index is 355. The van der Waals surface area contributed by atoms with Crippen LogP contribution in [-0.4, -0.2) is 12.3 Å². The van der Waals surface area contributed by atoms with Gasteiger partial charge in [0.15, 0.2) is 0 Å². The van der Waals surface area contributed by atoms with Crippen LogP contribution in [0.4, 0.5) is 22.0 Å². The van der Waals surface area contributed by atoms with Crippen LogP contribution in [0, 0.1) is 6.42 Å². The Labute approximate surface area is 95.2 Å². The molecule has 1 radical (unpaired) electrons. The molecule has 6 heteroatoms. The third kappa shape index (κ3) is 3.57. The van der Waals surface area contributed by atoms with Gasteiger partial charge < -0.3 is 4.74 Å². The summed E-state index contributed by atoms with van der Waals surface area (Å²) in [6, 6.07) is 4.96. The van der Waals surface area contributed by atoms with Crippen molar-refractivity contribution in [1.29, 1.82) is 0 Å². The Hall–Kier alpha value is -1.33. The van der Waals surface area contributed by atoms with E-state index in [1.165, 1.54) is 12.1 Å². The lowest BCUT2D eigenvalue weighted by molar-refractivity contribution is -0.360. The van der Waals surface area contributed by atoms with Crippen molar-refractivity contribution in [2.75, 3.05) is 0 Å². The van der Waals surface area contributed by atoms with Crippen LogP contribution in [0.15, 0.2) is 24.3 Å². The fourth-order valence-electron chi connectivity index (χ4n) is 1.11. The lowest BCUT2D eigenvalue weighted by Crippen LogP contribution is -2.41. The van der Waals surface area contributed by atoms with E-state index in [0.717, 1.165) is 24.1 Å². The lowest BCUT2D eigenvalue weighted by atomic mass is 10.1. The molecule has 0 atom stereocenters. The van der Waals surface area contributed by atoms with Gasteiger partial charge in [0, 0.05) is 0 Å². The van der Waals surface area contributed by atoms with Crippen LogP contribution < -0.4 is 4.74 Å². The molecule has 0 amide bonds. The molecule has 1 nitrogen and oxygen atoms in total. The van der Waals surface area contributed by atoms with Gasteiger partial charge in [-0.3, -0.25) is 0 Å². The van der Waals surface area contributed by atoms with Gasteiger partial charge >= 0.3 is 12.3 Å². The standard InChI is InChI=1S/C11H10F5O/c1-2-3-8-4-6-9(7-5-8)17-11(15,16)10(12,13)14/h3-7H,2H2,1H3. The van der Waals surface area contributed by atoms with Crippen LogP contribution in [0.25, 0.3) is 0 Å². The SMILES string of the molecule is CC[CH]c1ccc(OC(F)(F)C(F)(F)F)cc1. The summed E-state index contributed by atoms with van der Waals surface area (Å²) in [7, 11) is 0. The quantitative estimate of drug-likeness (QED) is 0.731. The second kappa shape index (κ2) is 4.89. The van der Waals surface area contributed by atoms with Gasteiger partial charge in [-0.1, -0.05) is 19.1 Å². The fourth-order valence-corrected chi connectivity index (χ4v) is 1.11. The molecule has 0 spiro atoms. The summed E-state index contributed by atoms with van der Waals surface area (Å²) in [6.07, 6.45) is -8.37. The third-order valence-electron chi connectivity index (χ3n) is 1.90. The minimum Gasteiger partial charge on any atom is -0.426 e. The predicted molar refractivity (Wildman–Crippen MR) is 51.8 cm³/mol. The second-order valence-electron chi connectivity index (χ2n) is 3.30. The topological polar surface area (TPSA) is 9.23 Å². The van der Waals surface area contributed by atoms with Crippen molar-refractivity contribution in [3.8, 4) is 5.75 Å². The molecule has 17 heavy (non-hydrogen) atoms. The van der Waals surface area contributed by atoms with E-state index in [4.69, 9.17) is 0 Å². The highest BCUT2D eigenvalue weighted by molar-refractivity contribution is 5.31. The number of ether oxygens (including phenoxy) is 1. The lowest BCUT2D eigenvalue weighted by Gasteiger charge is -2.20. The van der Waals surface area contributed by atoms with Crippen molar-refractivity contribution in [3.05, 3.63) is 36.2 Å². The van der Waals surface area contributed by atoms with Gasteiger partial charge in [-0.15, -0.1) is 0 Å². The van der Waals surface area contributed by atoms with Crippen molar-refractivity contribution in [1.82, 2.24) is 0 Å². The largest absolute Gasteiger partial charge is 0.499 e. The zero-order valence-electron chi connectivity index (χ0n) is 8.89. The Kier molecular flexibility index (Phi) is 3.95. The van der Waals surface area contributed by atoms with Crippen molar-refractivity contribution in [3.63, 3.8) is 0 Å². The van der Waals surface area contributed by atoms with Crippen LogP contribution >= 0.6 is 0 Å². The molecule has 0 saturated heterocycles. The van der Waals surface area contributed by atoms with E-state index in [-0.39, 0.29) is 0 Å². The van der Waals surface area contributed by atoms with E-state index in [0.29, 0.717) is 0 Å². The average molecular weight is 253 g/mol. The number of hydrogen-bond donors (Lipinski definition) is 0. The molecule has 1 rings (SSSR count). The highest BCUT2D eigenvalue weighted by Gasteiger charge is 2.61. The van der Waals surface area contributed by atoms with Gasteiger partial charge in [-0.05, 0) is 30.5 Å². The van der Waals surface area contributed by atoms with E-state index >= 15 is 0 Å². The summed E-state index contributed by atoms with van der Waals surface area (Å²) >= 11 is 0. The van der Waals surface area contributed by atoms with Crippen LogP contribution in [0.2, 0.25) is 0 Å². The molecule has 0 aliphatic heterocycles. The average Bonchev–Trinajstić information content (AvgIpc) is 2.19. The number of halogens is 5. The Balaban J connectivity index is 2.76. The minimum atomic E-state index is -5.72. The first-order chi connectivity index (χ1) is 7.76. The van der Waals surface area contributed by atoms with E-state index in [9.17, 15) is 22.0 Å². The van der Waals surface area contributed by atoms with Gasteiger partial charge in [0.1, 0.15) is 5.75 Å². The highest BCUT2D eigenvalue weighted by Crippen LogP contribution is 2.37. The van der Waals surface area contributed by atoms with Crippen molar-refractivity contribution < 1.29 is 26.7 Å². The molecule has 0 aliphatic carbocycles. The van der Waals surface area contributed by atoms with Crippen LogP contribution in [0.1, 0.15) is 18.9 Å². The van der Waals surface area contributed by atoms with Crippen molar-refractivity contribution in [2.24, 2.45) is 0 Å². The van der Waals surface area contributed by atoms with Gasteiger partial charge in [0.2, 0.25) is 0 Å². The third-order valence-corrected chi connectivity index (χ3v) is 1.90. The van der Waals surface area contributed by atoms with E-state index in [1.807, 2.05) is 6.92 Å². The molecule has 0 N–H and O–H groups in total. The zero-order chi connectivity index (χ0) is 13.1. The Morgan fingerprint density at radius 3 is 2.00 bits per heavy atom. The summed E-state index contributed by atoms with van der Waals surface area (Å²) in [5.74, 6) is -0.527. The molecule has 0 unspecified atom stereocenters. The predicted octanol–water partition coefficient (Wildman–Crippen LogP) is 4.18.